The second-order valence-electron chi connectivity index (χ2n) is 6.40. The summed E-state index contributed by atoms with van der Waals surface area (Å²) in [5, 5.41) is 0. The molecule has 0 radical (unpaired) electrons. The molecule has 7 heteroatoms. The first-order valence-corrected chi connectivity index (χ1v) is 7.89. The molecule has 24 heavy (non-hydrogen) atoms. The van der Waals surface area contributed by atoms with Crippen LogP contribution in [0.25, 0.3) is 0 Å². The molecule has 1 heterocycles. The standard InChI is InChI=1S/C17H21F3N2O2/c1-11(2)9-15(23)21-7-8-22(16(24)12(21)3)14-6-4-5-13(10-14)17(18,19)20/h4-6,10-12H,7-9H2,1-3H3/t12-/m1/s1. The summed E-state index contributed by atoms with van der Waals surface area (Å²) in [5.74, 6) is -0.284. The second-order valence-corrected chi connectivity index (χ2v) is 6.40. The number of piperazine rings is 1. The minimum atomic E-state index is -4.46. The van der Waals surface area contributed by atoms with Crippen LogP contribution < -0.4 is 4.90 Å². The van der Waals surface area contributed by atoms with E-state index in [1.807, 2.05) is 13.8 Å². The lowest BCUT2D eigenvalue weighted by atomic mass is 10.1. The normalized spacial score (nSPS) is 19.1. The van der Waals surface area contributed by atoms with Gasteiger partial charge < -0.3 is 9.80 Å². The maximum Gasteiger partial charge on any atom is 0.416 e. The van der Waals surface area contributed by atoms with Gasteiger partial charge in [0.05, 0.1) is 5.56 Å². The fraction of sp³-hybridized carbons (Fsp3) is 0.529. The van der Waals surface area contributed by atoms with Crippen molar-refractivity contribution in [2.75, 3.05) is 18.0 Å². The summed E-state index contributed by atoms with van der Waals surface area (Å²) in [7, 11) is 0. The number of carbonyl (C=O) groups is 2. The fourth-order valence-corrected chi connectivity index (χ4v) is 2.78. The van der Waals surface area contributed by atoms with E-state index in [0.717, 1.165) is 12.1 Å². The average Bonchev–Trinajstić information content (AvgIpc) is 2.48. The van der Waals surface area contributed by atoms with Crippen LogP contribution in [-0.4, -0.2) is 35.8 Å². The number of carbonyl (C=O) groups excluding carboxylic acids is 2. The molecule has 0 spiro atoms. The Morgan fingerprint density at radius 1 is 1.29 bits per heavy atom. The van der Waals surface area contributed by atoms with E-state index in [4.69, 9.17) is 0 Å². The van der Waals surface area contributed by atoms with Gasteiger partial charge in [0.15, 0.2) is 0 Å². The molecule has 1 aromatic rings. The number of hydrogen-bond donors (Lipinski definition) is 0. The first-order chi connectivity index (χ1) is 11.1. The summed E-state index contributed by atoms with van der Waals surface area (Å²) in [6.07, 6.45) is -4.11. The zero-order chi connectivity index (χ0) is 18.1. The van der Waals surface area contributed by atoms with E-state index in [1.54, 1.807) is 6.92 Å². The van der Waals surface area contributed by atoms with Crippen molar-refractivity contribution in [1.82, 2.24) is 4.90 Å². The molecule has 132 valence electrons. The van der Waals surface area contributed by atoms with Gasteiger partial charge in [0.2, 0.25) is 11.8 Å². The molecule has 1 fully saturated rings. The van der Waals surface area contributed by atoms with Crippen molar-refractivity contribution in [3.8, 4) is 0 Å². The van der Waals surface area contributed by atoms with Crippen molar-refractivity contribution in [3.05, 3.63) is 29.8 Å². The smallest absolute Gasteiger partial charge is 0.329 e. The van der Waals surface area contributed by atoms with Crippen molar-refractivity contribution in [3.63, 3.8) is 0 Å². The summed E-state index contributed by atoms with van der Waals surface area (Å²) in [5.41, 5.74) is -0.587. The molecule has 1 atom stereocenters. The molecule has 4 nitrogen and oxygen atoms in total. The number of alkyl halides is 3. The van der Waals surface area contributed by atoms with Crippen LogP contribution in [0.2, 0.25) is 0 Å². The van der Waals surface area contributed by atoms with Gasteiger partial charge in [-0.3, -0.25) is 9.59 Å². The fourth-order valence-electron chi connectivity index (χ4n) is 2.78. The number of nitrogens with zero attached hydrogens (tertiary/aromatic N) is 2. The van der Waals surface area contributed by atoms with Crippen LogP contribution in [0, 0.1) is 5.92 Å². The Kier molecular flexibility index (Phi) is 5.20. The highest BCUT2D eigenvalue weighted by atomic mass is 19.4. The first kappa shape index (κ1) is 18.3. The number of hydrogen-bond acceptors (Lipinski definition) is 2. The summed E-state index contributed by atoms with van der Waals surface area (Å²) in [4.78, 5) is 27.6. The lowest BCUT2D eigenvalue weighted by Gasteiger charge is -2.39. The van der Waals surface area contributed by atoms with Crippen molar-refractivity contribution < 1.29 is 22.8 Å². The minimum Gasteiger partial charge on any atom is -0.329 e. The Balaban J connectivity index is 2.19. The molecule has 0 aliphatic carbocycles. The van der Waals surface area contributed by atoms with Gasteiger partial charge in [-0.1, -0.05) is 19.9 Å². The Hall–Kier alpha value is -2.05. The molecule has 2 amide bonds. The van der Waals surface area contributed by atoms with Gasteiger partial charge in [-0.2, -0.15) is 13.2 Å². The number of rotatable bonds is 3. The van der Waals surface area contributed by atoms with Crippen LogP contribution in [0.3, 0.4) is 0 Å². The molecule has 0 aromatic heterocycles. The topological polar surface area (TPSA) is 40.6 Å². The molecular formula is C17H21F3N2O2. The third kappa shape index (κ3) is 3.88. The SMILES string of the molecule is CC(C)CC(=O)N1CCN(c2cccc(C(F)(F)F)c2)C(=O)[C@H]1C. The molecule has 1 aliphatic rings. The predicted molar refractivity (Wildman–Crippen MR) is 84.4 cm³/mol. The van der Waals surface area contributed by atoms with E-state index in [-0.39, 0.29) is 30.0 Å². The summed E-state index contributed by atoms with van der Waals surface area (Å²) in [6, 6.07) is 4.02. The highest BCUT2D eigenvalue weighted by Gasteiger charge is 2.36. The monoisotopic (exact) mass is 342 g/mol. The largest absolute Gasteiger partial charge is 0.416 e. The molecule has 0 bridgehead atoms. The van der Waals surface area contributed by atoms with Crippen LogP contribution >= 0.6 is 0 Å². The molecule has 2 rings (SSSR count). The molecule has 1 aromatic carbocycles. The third-order valence-corrected chi connectivity index (χ3v) is 4.04. The predicted octanol–water partition coefficient (Wildman–Crippen LogP) is 3.32. The zero-order valence-corrected chi connectivity index (χ0v) is 13.9. The number of amides is 2. The summed E-state index contributed by atoms with van der Waals surface area (Å²) >= 11 is 0. The van der Waals surface area contributed by atoms with Gasteiger partial charge in [-0.25, -0.2) is 0 Å². The van der Waals surface area contributed by atoms with E-state index in [1.165, 1.54) is 21.9 Å². The van der Waals surface area contributed by atoms with Crippen molar-refractivity contribution >= 4 is 17.5 Å². The van der Waals surface area contributed by atoms with Crippen molar-refractivity contribution in [2.24, 2.45) is 5.92 Å². The molecule has 1 saturated heterocycles. The van der Waals surface area contributed by atoms with Gasteiger partial charge >= 0.3 is 6.18 Å². The van der Waals surface area contributed by atoms with Crippen LogP contribution in [0.5, 0.6) is 0 Å². The van der Waals surface area contributed by atoms with Crippen LogP contribution in [0.1, 0.15) is 32.8 Å². The quantitative estimate of drug-likeness (QED) is 0.845. The van der Waals surface area contributed by atoms with Gasteiger partial charge in [0.1, 0.15) is 6.04 Å². The van der Waals surface area contributed by atoms with E-state index >= 15 is 0 Å². The van der Waals surface area contributed by atoms with Crippen molar-refractivity contribution in [2.45, 2.75) is 39.4 Å². The molecule has 0 N–H and O–H groups in total. The number of anilines is 1. The average molecular weight is 342 g/mol. The first-order valence-electron chi connectivity index (χ1n) is 7.89. The molecule has 1 aliphatic heterocycles. The van der Waals surface area contributed by atoms with E-state index in [9.17, 15) is 22.8 Å². The maximum atomic E-state index is 12.8. The van der Waals surface area contributed by atoms with Gasteiger partial charge in [0, 0.05) is 25.2 Å². The minimum absolute atomic E-state index is 0.102. The third-order valence-electron chi connectivity index (χ3n) is 4.04. The Labute approximate surface area is 139 Å². The Morgan fingerprint density at radius 2 is 1.96 bits per heavy atom. The van der Waals surface area contributed by atoms with Gasteiger partial charge in [-0.15, -0.1) is 0 Å². The second kappa shape index (κ2) is 6.83. The maximum absolute atomic E-state index is 12.8. The highest BCUT2D eigenvalue weighted by Crippen LogP contribution is 2.32. The van der Waals surface area contributed by atoms with E-state index in [2.05, 4.69) is 0 Å². The molecule has 0 saturated carbocycles. The Morgan fingerprint density at radius 3 is 2.54 bits per heavy atom. The lowest BCUT2D eigenvalue weighted by Crippen LogP contribution is -2.58. The Bertz CT molecular complexity index is 629. The number of benzene rings is 1. The number of halogens is 3. The zero-order valence-electron chi connectivity index (χ0n) is 13.9. The van der Waals surface area contributed by atoms with Crippen LogP contribution in [-0.2, 0) is 15.8 Å². The molecule has 0 unspecified atom stereocenters. The van der Waals surface area contributed by atoms with Gasteiger partial charge in [-0.05, 0) is 31.0 Å². The molecular weight excluding hydrogens is 321 g/mol. The van der Waals surface area contributed by atoms with Crippen molar-refractivity contribution in [1.29, 1.82) is 0 Å². The summed E-state index contributed by atoms with van der Waals surface area (Å²) in [6.45, 7) is 5.95. The lowest BCUT2D eigenvalue weighted by molar-refractivity contribution is -0.141. The van der Waals surface area contributed by atoms with E-state index in [0.29, 0.717) is 13.0 Å². The van der Waals surface area contributed by atoms with Gasteiger partial charge in [0.25, 0.3) is 0 Å². The summed E-state index contributed by atoms with van der Waals surface area (Å²) < 4.78 is 38.5. The van der Waals surface area contributed by atoms with E-state index < -0.39 is 17.8 Å². The van der Waals surface area contributed by atoms with Crippen LogP contribution in [0.4, 0.5) is 18.9 Å². The van der Waals surface area contributed by atoms with Crippen LogP contribution in [0.15, 0.2) is 24.3 Å². The highest BCUT2D eigenvalue weighted by molar-refractivity contribution is 6.00.